The van der Waals surface area contributed by atoms with Gasteiger partial charge < -0.3 is 0 Å². The smallest absolute Gasteiger partial charge is 0.282 e. The highest BCUT2D eigenvalue weighted by Crippen LogP contribution is 2.14. The van der Waals surface area contributed by atoms with Gasteiger partial charge in [-0.05, 0) is 18.2 Å². The summed E-state index contributed by atoms with van der Waals surface area (Å²) in [5.74, 6) is 0. The van der Waals surface area contributed by atoms with Gasteiger partial charge in [-0.1, -0.05) is 15.9 Å². The lowest BCUT2D eigenvalue weighted by Gasteiger charge is -1.96. The molecule has 0 fully saturated rings. The van der Waals surface area contributed by atoms with Gasteiger partial charge in [0, 0.05) is 4.47 Å². The quantitative estimate of drug-likeness (QED) is 0.717. The molecular weight excluding hydrogens is 239 g/mol. The predicted molar refractivity (Wildman–Crippen MR) is 50.0 cm³/mol. The summed E-state index contributed by atoms with van der Waals surface area (Å²) in [4.78, 5) is 16.7. The minimum absolute atomic E-state index is 0.343. The zero-order valence-corrected chi connectivity index (χ0v) is 7.93. The van der Waals surface area contributed by atoms with E-state index in [1.165, 1.54) is 0 Å². The summed E-state index contributed by atoms with van der Waals surface area (Å²) in [5.41, 5.74) is -0.120. The molecule has 2 aromatic rings. The van der Waals surface area contributed by atoms with Crippen molar-refractivity contribution in [1.82, 2.24) is 9.97 Å². The van der Waals surface area contributed by atoms with Crippen molar-refractivity contribution in [2.24, 2.45) is 0 Å². The fraction of sp³-hybridized carbons (Fsp3) is 0. The molecule has 0 atom stereocenters. The summed E-state index contributed by atoms with van der Waals surface area (Å²) in [6, 6.07) is 4.88. The minimum Gasteiger partial charge on any atom is -0.282 e. The van der Waals surface area contributed by atoms with E-state index in [1.807, 2.05) is 4.98 Å². The van der Waals surface area contributed by atoms with Gasteiger partial charge in [0.15, 0.2) is 0 Å². The lowest BCUT2D eigenvalue weighted by molar-refractivity contribution is 0.541. The van der Waals surface area contributed by atoms with E-state index in [4.69, 9.17) is 0 Å². The maximum absolute atomic E-state index is 12.6. The van der Waals surface area contributed by atoms with Crippen LogP contribution in [0.5, 0.6) is 0 Å². The molecule has 0 saturated heterocycles. The molecule has 0 unspecified atom stereocenters. The molecule has 1 N–H and O–H groups in total. The molecule has 1 aromatic carbocycles. The van der Waals surface area contributed by atoms with Crippen molar-refractivity contribution >= 4 is 26.8 Å². The number of H-pyrrole nitrogens is 1. The number of hydrogen-bond donors (Lipinski definition) is 1. The van der Waals surface area contributed by atoms with Crippen LogP contribution >= 0.6 is 15.9 Å². The molecule has 0 amide bonds. The molecule has 0 aliphatic rings. The van der Waals surface area contributed by atoms with E-state index < -0.39 is 11.6 Å². The van der Waals surface area contributed by atoms with Crippen molar-refractivity contribution in [1.29, 1.82) is 0 Å². The van der Waals surface area contributed by atoms with Gasteiger partial charge in [0.1, 0.15) is 0 Å². The number of hydrogen-bond acceptors (Lipinski definition) is 2. The number of fused-ring (bicyclic) bond motifs is 1. The molecule has 0 saturated carbocycles. The average Bonchev–Trinajstić information content (AvgIpc) is 2.02. The van der Waals surface area contributed by atoms with Gasteiger partial charge in [-0.3, -0.25) is 9.78 Å². The Kier molecular flexibility index (Phi) is 1.88. The number of aromatic amines is 1. The molecule has 0 aliphatic carbocycles. The van der Waals surface area contributed by atoms with Gasteiger partial charge in [-0.15, -0.1) is 0 Å². The van der Waals surface area contributed by atoms with Crippen LogP contribution in [0.1, 0.15) is 0 Å². The Hall–Kier alpha value is -1.23. The Morgan fingerprint density at radius 2 is 2.23 bits per heavy atom. The lowest BCUT2D eigenvalue weighted by atomic mass is 10.2. The van der Waals surface area contributed by atoms with Gasteiger partial charge in [0.2, 0.25) is 0 Å². The number of nitrogens with zero attached hydrogens (tertiary/aromatic N) is 1. The van der Waals surface area contributed by atoms with Crippen molar-refractivity contribution < 1.29 is 4.39 Å². The predicted octanol–water partition coefficient (Wildman–Crippen LogP) is 1.82. The second-order valence-corrected chi connectivity index (χ2v) is 3.43. The number of benzene rings is 1. The van der Waals surface area contributed by atoms with Crippen LogP contribution in [0, 0.1) is 6.08 Å². The van der Waals surface area contributed by atoms with Crippen LogP contribution in [0.25, 0.3) is 10.9 Å². The molecular formula is C8H4BrFN2O. The first-order valence-corrected chi connectivity index (χ1v) is 4.31. The molecule has 0 aliphatic heterocycles. The molecule has 2 rings (SSSR count). The van der Waals surface area contributed by atoms with E-state index in [2.05, 4.69) is 20.9 Å². The van der Waals surface area contributed by atoms with Crippen LogP contribution < -0.4 is 5.56 Å². The van der Waals surface area contributed by atoms with Crippen molar-refractivity contribution in [3.63, 3.8) is 0 Å². The summed E-state index contributed by atoms with van der Waals surface area (Å²) in [7, 11) is 0. The fourth-order valence-corrected chi connectivity index (χ4v) is 1.43. The van der Waals surface area contributed by atoms with Gasteiger partial charge in [0.05, 0.1) is 10.9 Å². The number of nitrogens with one attached hydrogen (secondary N) is 1. The molecule has 1 heterocycles. The highest BCUT2D eigenvalue weighted by Gasteiger charge is 2.02. The van der Waals surface area contributed by atoms with E-state index in [1.54, 1.807) is 18.2 Å². The molecule has 13 heavy (non-hydrogen) atoms. The van der Waals surface area contributed by atoms with Crippen LogP contribution in [0.2, 0.25) is 0 Å². The first kappa shape index (κ1) is 8.37. The first-order chi connectivity index (χ1) is 6.16. The second-order valence-electron chi connectivity index (χ2n) is 2.52. The molecule has 0 bridgehead atoms. The lowest BCUT2D eigenvalue weighted by Crippen LogP contribution is -2.10. The third-order valence-electron chi connectivity index (χ3n) is 1.64. The Morgan fingerprint density at radius 3 is 3.00 bits per heavy atom. The Balaban J connectivity index is 2.95. The molecule has 0 spiro atoms. The Morgan fingerprint density at radius 1 is 1.46 bits per heavy atom. The SMILES string of the molecule is O=c1[nH]c(F)nc2cc(Br)ccc12. The standard InChI is InChI=1S/C8H4BrFN2O/c9-4-1-2-5-6(3-4)11-8(10)12-7(5)13/h1-3H,(H,11,12,13). The number of aromatic nitrogens is 2. The molecule has 66 valence electrons. The van der Waals surface area contributed by atoms with Crippen LogP contribution in [-0.4, -0.2) is 9.97 Å². The van der Waals surface area contributed by atoms with Crippen molar-refractivity contribution in [3.8, 4) is 0 Å². The Bertz CT molecular complexity index is 518. The number of rotatable bonds is 0. The maximum atomic E-state index is 12.6. The van der Waals surface area contributed by atoms with Gasteiger partial charge in [-0.25, -0.2) is 4.98 Å². The van der Waals surface area contributed by atoms with E-state index in [0.29, 0.717) is 10.9 Å². The monoisotopic (exact) mass is 242 g/mol. The van der Waals surface area contributed by atoms with Crippen LogP contribution in [0.4, 0.5) is 4.39 Å². The van der Waals surface area contributed by atoms with Crippen LogP contribution in [0.15, 0.2) is 27.5 Å². The maximum Gasteiger partial charge on any atom is 0.289 e. The summed E-state index contributed by atoms with van der Waals surface area (Å²) < 4.78 is 13.4. The number of halogens is 2. The summed E-state index contributed by atoms with van der Waals surface area (Å²) in [6.07, 6.45) is -0.865. The fourth-order valence-electron chi connectivity index (χ4n) is 1.08. The minimum atomic E-state index is -0.865. The second kappa shape index (κ2) is 2.92. The third kappa shape index (κ3) is 1.47. The normalized spacial score (nSPS) is 10.6. The summed E-state index contributed by atoms with van der Waals surface area (Å²) in [6.45, 7) is 0. The van der Waals surface area contributed by atoms with Crippen molar-refractivity contribution in [2.75, 3.05) is 0 Å². The summed E-state index contributed by atoms with van der Waals surface area (Å²) in [5, 5.41) is 0.379. The molecule has 0 radical (unpaired) electrons. The van der Waals surface area contributed by atoms with Crippen molar-refractivity contribution in [3.05, 3.63) is 39.1 Å². The topological polar surface area (TPSA) is 45.8 Å². The van der Waals surface area contributed by atoms with E-state index >= 15 is 0 Å². The van der Waals surface area contributed by atoms with Crippen LogP contribution in [-0.2, 0) is 0 Å². The largest absolute Gasteiger partial charge is 0.289 e. The highest BCUT2D eigenvalue weighted by molar-refractivity contribution is 9.10. The van der Waals surface area contributed by atoms with Gasteiger partial charge >= 0.3 is 0 Å². The van der Waals surface area contributed by atoms with E-state index in [9.17, 15) is 9.18 Å². The zero-order chi connectivity index (χ0) is 9.42. The average molecular weight is 243 g/mol. The van der Waals surface area contributed by atoms with Gasteiger partial charge in [-0.2, -0.15) is 4.39 Å². The van der Waals surface area contributed by atoms with Crippen molar-refractivity contribution in [2.45, 2.75) is 0 Å². The summed E-state index contributed by atoms with van der Waals surface area (Å²) >= 11 is 3.21. The van der Waals surface area contributed by atoms with Crippen LogP contribution in [0.3, 0.4) is 0 Å². The third-order valence-corrected chi connectivity index (χ3v) is 2.13. The van der Waals surface area contributed by atoms with E-state index in [0.717, 1.165) is 4.47 Å². The highest BCUT2D eigenvalue weighted by atomic mass is 79.9. The molecule has 1 aromatic heterocycles. The molecule has 3 nitrogen and oxygen atoms in total. The molecule has 5 heteroatoms. The first-order valence-electron chi connectivity index (χ1n) is 3.52. The van der Waals surface area contributed by atoms with Gasteiger partial charge in [0.25, 0.3) is 11.6 Å². The zero-order valence-electron chi connectivity index (χ0n) is 6.34. The van der Waals surface area contributed by atoms with E-state index in [-0.39, 0.29) is 0 Å². The Labute approximate surface area is 80.7 Å².